The Morgan fingerprint density at radius 2 is 2.25 bits per heavy atom. The van der Waals surface area contributed by atoms with Crippen LogP contribution in [0.25, 0.3) is 0 Å². The zero-order chi connectivity index (χ0) is 9.19. The van der Waals surface area contributed by atoms with Crippen LogP contribution in [-0.2, 0) is 9.84 Å². The summed E-state index contributed by atoms with van der Waals surface area (Å²) in [5.74, 6) is -0.369. The molecular weight excluding hydrogens is 178 g/mol. The van der Waals surface area contributed by atoms with Gasteiger partial charge in [0.1, 0.15) is 0 Å². The Morgan fingerprint density at radius 1 is 1.58 bits per heavy atom. The highest BCUT2D eigenvalue weighted by molar-refractivity contribution is 7.91. The van der Waals surface area contributed by atoms with E-state index in [0.29, 0.717) is 0 Å². The van der Waals surface area contributed by atoms with Crippen molar-refractivity contribution < 1.29 is 13.5 Å². The predicted octanol–water partition coefficient (Wildman–Crippen LogP) is -0.304. The van der Waals surface area contributed by atoms with E-state index in [4.69, 9.17) is 5.26 Å². The van der Waals surface area contributed by atoms with Crippen LogP contribution in [0.5, 0.6) is 0 Å². The first-order valence-corrected chi connectivity index (χ1v) is 5.63. The van der Waals surface area contributed by atoms with E-state index >= 15 is 0 Å². The minimum absolute atomic E-state index is 0.0400. The standard InChI is InChI=1S/C7H11NO3S/c8-3-1-6-5-12(10,11)4-2-7(6)9/h6-7,9H,1-2,4-5H2/t6-,7+/m0/s1. The minimum atomic E-state index is -3.00. The molecule has 0 bridgehead atoms. The van der Waals surface area contributed by atoms with Crippen LogP contribution in [-0.4, -0.2) is 31.1 Å². The Bertz CT molecular complexity index is 290. The summed E-state index contributed by atoms with van der Waals surface area (Å²) in [5.41, 5.74) is 0. The molecule has 1 heterocycles. The van der Waals surface area contributed by atoms with Crippen LogP contribution in [0.4, 0.5) is 0 Å². The lowest BCUT2D eigenvalue weighted by molar-refractivity contribution is 0.112. The van der Waals surface area contributed by atoms with Crippen LogP contribution < -0.4 is 0 Å². The third-order valence-corrected chi connectivity index (χ3v) is 3.88. The lowest BCUT2D eigenvalue weighted by Crippen LogP contribution is -2.36. The molecule has 5 heteroatoms. The molecule has 0 aliphatic carbocycles. The van der Waals surface area contributed by atoms with E-state index in [1.165, 1.54) is 0 Å². The topological polar surface area (TPSA) is 78.2 Å². The van der Waals surface area contributed by atoms with Gasteiger partial charge >= 0.3 is 0 Å². The molecule has 0 aromatic rings. The van der Waals surface area contributed by atoms with Gasteiger partial charge < -0.3 is 5.11 Å². The maximum Gasteiger partial charge on any atom is 0.150 e. The second-order valence-electron chi connectivity index (χ2n) is 3.09. The van der Waals surface area contributed by atoms with E-state index in [2.05, 4.69) is 0 Å². The van der Waals surface area contributed by atoms with Crippen molar-refractivity contribution in [1.29, 1.82) is 5.26 Å². The molecule has 68 valence electrons. The Balaban J connectivity index is 2.67. The summed E-state index contributed by atoms with van der Waals surface area (Å²) >= 11 is 0. The predicted molar refractivity (Wildman–Crippen MR) is 43.0 cm³/mol. The maximum atomic E-state index is 11.1. The molecule has 0 aromatic carbocycles. The molecule has 0 aromatic heterocycles. The van der Waals surface area contributed by atoms with Gasteiger partial charge in [0.15, 0.2) is 9.84 Å². The summed E-state index contributed by atoms with van der Waals surface area (Å²) in [4.78, 5) is 0. The fourth-order valence-corrected chi connectivity index (χ4v) is 3.13. The van der Waals surface area contributed by atoms with E-state index in [1.54, 1.807) is 0 Å². The number of hydrogen-bond donors (Lipinski definition) is 1. The Kier molecular flexibility index (Phi) is 2.70. The maximum absolute atomic E-state index is 11.1. The van der Waals surface area contributed by atoms with Crippen molar-refractivity contribution in [1.82, 2.24) is 0 Å². The number of nitriles is 1. The number of hydrogen-bond acceptors (Lipinski definition) is 4. The van der Waals surface area contributed by atoms with Gasteiger partial charge in [-0.15, -0.1) is 0 Å². The number of sulfone groups is 1. The number of aliphatic hydroxyl groups is 1. The molecular formula is C7H11NO3S. The number of aliphatic hydroxyl groups excluding tert-OH is 1. The molecule has 0 unspecified atom stereocenters. The van der Waals surface area contributed by atoms with Crippen LogP contribution in [0, 0.1) is 17.2 Å². The van der Waals surface area contributed by atoms with Crippen molar-refractivity contribution in [2.75, 3.05) is 11.5 Å². The minimum Gasteiger partial charge on any atom is -0.393 e. The largest absolute Gasteiger partial charge is 0.393 e. The highest BCUT2D eigenvalue weighted by Crippen LogP contribution is 2.21. The number of nitrogens with zero attached hydrogens (tertiary/aromatic N) is 1. The highest BCUT2D eigenvalue weighted by Gasteiger charge is 2.31. The van der Waals surface area contributed by atoms with Crippen LogP contribution in [0.2, 0.25) is 0 Å². The Morgan fingerprint density at radius 3 is 2.83 bits per heavy atom. The summed E-state index contributed by atoms with van der Waals surface area (Å²) in [6, 6.07) is 1.88. The summed E-state index contributed by atoms with van der Waals surface area (Å²) in [5, 5.41) is 17.7. The van der Waals surface area contributed by atoms with Gasteiger partial charge in [-0.05, 0) is 6.42 Å². The molecule has 0 saturated carbocycles. The third-order valence-electron chi connectivity index (χ3n) is 2.09. The molecule has 1 fully saturated rings. The average molecular weight is 189 g/mol. The van der Waals surface area contributed by atoms with Crippen LogP contribution in [0.3, 0.4) is 0 Å². The SMILES string of the molecule is N#CC[C@H]1CS(=O)(=O)CC[C@H]1O. The van der Waals surface area contributed by atoms with Gasteiger partial charge in [-0.1, -0.05) is 0 Å². The molecule has 0 radical (unpaired) electrons. The molecule has 4 nitrogen and oxygen atoms in total. The molecule has 1 N–H and O–H groups in total. The van der Waals surface area contributed by atoms with Crippen molar-refractivity contribution in [3.63, 3.8) is 0 Å². The van der Waals surface area contributed by atoms with Gasteiger partial charge in [0.2, 0.25) is 0 Å². The van der Waals surface area contributed by atoms with Gasteiger partial charge in [-0.25, -0.2) is 8.42 Å². The van der Waals surface area contributed by atoms with Crippen LogP contribution in [0.1, 0.15) is 12.8 Å². The summed E-state index contributed by atoms with van der Waals surface area (Å²) in [6.07, 6.45) is -0.220. The van der Waals surface area contributed by atoms with Crippen LogP contribution in [0.15, 0.2) is 0 Å². The molecule has 0 amide bonds. The monoisotopic (exact) mass is 189 g/mol. The fraction of sp³-hybridized carbons (Fsp3) is 0.857. The Hall–Kier alpha value is -0.600. The molecule has 1 saturated heterocycles. The van der Waals surface area contributed by atoms with Gasteiger partial charge in [-0.3, -0.25) is 0 Å². The van der Waals surface area contributed by atoms with Crippen LogP contribution >= 0.6 is 0 Å². The molecule has 12 heavy (non-hydrogen) atoms. The van der Waals surface area contributed by atoms with E-state index in [9.17, 15) is 13.5 Å². The zero-order valence-electron chi connectivity index (χ0n) is 6.60. The third kappa shape index (κ3) is 2.19. The lowest BCUT2D eigenvalue weighted by atomic mass is 9.99. The first kappa shape index (κ1) is 9.49. The average Bonchev–Trinajstić information content (AvgIpc) is 1.97. The van der Waals surface area contributed by atoms with Gasteiger partial charge in [0, 0.05) is 12.3 Å². The highest BCUT2D eigenvalue weighted by atomic mass is 32.2. The quantitative estimate of drug-likeness (QED) is 0.614. The summed E-state index contributed by atoms with van der Waals surface area (Å²) in [6.45, 7) is 0. The lowest BCUT2D eigenvalue weighted by Gasteiger charge is -2.25. The van der Waals surface area contributed by atoms with Crippen molar-refractivity contribution in [3.05, 3.63) is 0 Å². The van der Waals surface area contributed by atoms with Crippen molar-refractivity contribution in [2.24, 2.45) is 5.92 Å². The summed E-state index contributed by atoms with van der Waals surface area (Å²) < 4.78 is 22.1. The van der Waals surface area contributed by atoms with E-state index < -0.39 is 15.9 Å². The van der Waals surface area contributed by atoms with Crippen molar-refractivity contribution in [3.8, 4) is 6.07 Å². The second kappa shape index (κ2) is 3.42. The summed E-state index contributed by atoms with van der Waals surface area (Å²) in [7, 11) is -3.00. The normalized spacial score (nSPS) is 34.0. The Labute approximate surface area is 71.7 Å². The molecule has 2 atom stereocenters. The van der Waals surface area contributed by atoms with E-state index in [0.717, 1.165) is 0 Å². The first-order valence-electron chi connectivity index (χ1n) is 3.80. The molecule has 0 spiro atoms. The molecule has 1 aliphatic heterocycles. The van der Waals surface area contributed by atoms with Gasteiger partial charge in [-0.2, -0.15) is 5.26 Å². The number of rotatable bonds is 1. The fourth-order valence-electron chi connectivity index (χ4n) is 1.37. The molecule has 1 rings (SSSR count). The van der Waals surface area contributed by atoms with E-state index in [1.807, 2.05) is 6.07 Å². The van der Waals surface area contributed by atoms with E-state index in [-0.39, 0.29) is 30.3 Å². The zero-order valence-corrected chi connectivity index (χ0v) is 7.42. The van der Waals surface area contributed by atoms with Crippen molar-refractivity contribution in [2.45, 2.75) is 18.9 Å². The smallest absolute Gasteiger partial charge is 0.150 e. The van der Waals surface area contributed by atoms with Gasteiger partial charge in [0.05, 0.1) is 23.7 Å². The first-order chi connectivity index (χ1) is 5.55. The van der Waals surface area contributed by atoms with Crippen molar-refractivity contribution >= 4 is 9.84 Å². The molecule has 1 aliphatic rings. The second-order valence-corrected chi connectivity index (χ2v) is 5.32. The van der Waals surface area contributed by atoms with Gasteiger partial charge in [0.25, 0.3) is 0 Å².